The summed E-state index contributed by atoms with van der Waals surface area (Å²) in [5.74, 6) is 2.18. The average molecular weight is 393 g/mol. The van der Waals surface area contributed by atoms with E-state index in [2.05, 4.69) is 10.1 Å². The second-order valence-corrected chi connectivity index (χ2v) is 6.78. The molecule has 0 unspecified atom stereocenters. The Bertz CT molecular complexity index is 1180. The molecule has 0 atom stereocenters. The summed E-state index contributed by atoms with van der Waals surface area (Å²) in [6.45, 7) is 0. The third-order valence-electron chi connectivity index (χ3n) is 4.30. The number of hydrogen-bond acceptors (Lipinski definition) is 6. The number of methoxy groups -OCH3 is 2. The van der Waals surface area contributed by atoms with Crippen molar-refractivity contribution in [1.82, 2.24) is 4.68 Å². The molecule has 2 heterocycles. The molecular formula is C21H19N3O3S. The van der Waals surface area contributed by atoms with Crippen LogP contribution < -0.4 is 14.3 Å². The van der Waals surface area contributed by atoms with Crippen LogP contribution in [-0.4, -0.2) is 32.2 Å². The van der Waals surface area contributed by atoms with Crippen LogP contribution in [0.25, 0.3) is 22.4 Å². The molecule has 2 aromatic carbocycles. The molecule has 0 aliphatic rings. The molecule has 2 aromatic heterocycles. The molecule has 0 aliphatic carbocycles. The minimum Gasteiger partial charge on any atom is -0.497 e. The lowest BCUT2D eigenvalue weighted by Gasteiger charge is -2.07. The number of thiazole rings is 1. The van der Waals surface area contributed by atoms with Crippen LogP contribution >= 0.6 is 11.3 Å². The van der Waals surface area contributed by atoms with E-state index in [1.54, 1.807) is 32.2 Å². The Hall–Kier alpha value is -3.32. The monoisotopic (exact) mass is 393 g/mol. The molecule has 0 spiro atoms. The number of furan rings is 1. The van der Waals surface area contributed by atoms with Gasteiger partial charge in [0, 0.05) is 23.4 Å². The molecule has 0 aliphatic heterocycles. The van der Waals surface area contributed by atoms with E-state index < -0.39 is 0 Å². The number of benzene rings is 2. The van der Waals surface area contributed by atoms with Crippen LogP contribution in [0.5, 0.6) is 11.5 Å². The van der Waals surface area contributed by atoms with Gasteiger partial charge in [0.1, 0.15) is 22.8 Å². The number of fused-ring (bicyclic) bond motifs is 1. The summed E-state index contributed by atoms with van der Waals surface area (Å²) >= 11 is 1.50. The van der Waals surface area contributed by atoms with Gasteiger partial charge in [-0.2, -0.15) is 5.10 Å². The maximum absolute atomic E-state index is 6.01. The molecule has 28 heavy (non-hydrogen) atoms. The third-order valence-corrected chi connectivity index (χ3v) is 5.21. The van der Waals surface area contributed by atoms with Crippen LogP contribution in [0.15, 0.2) is 68.4 Å². The lowest BCUT2D eigenvalue weighted by atomic mass is 10.2. The van der Waals surface area contributed by atoms with Gasteiger partial charge in [0.05, 0.1) is 20.4 Å². The molecule has 0 radical (unpaired) electrons. The summed E-state index contributed by atoms with van der Waals surface area (Å²) in [6, 6.07) is 15.5. The number of rotatable bonds is 5. The van der Waals surface area contributed by atoms with E-state index in [4.69, 9.17) is 13.9 Å². The maximum atomic E-state index is 6.01. The highest BCUT2D eigenvalue weighted by Crippen LogP contribution is 2.28. The van der Waals surface area contributed by atoms with E-state index in [1.165, 1.54) is 11.3 Å². The number of para-hydroxylation sites is 1. The van der Waals surface area contributed by atoms with E-state index in [1.807, 2.05) is 53.9 Å². The fourth-order valence-corrected chi connectivity index (χ4v) is 3.68. The Labute approximate surface area is 166 Å². The van der Waals surface area contributed by atoms with Crippen molar-refractivity contribution in [2.24, 2.45) is 10.1 Å². The Morgan fingerprint density at radius 1 is 1.07 bits per heavy atom. The lowest BCUT2D eigenvalue weighted by Crippen LogP contribution is -2.11. The second-order valence-electron chi connectivity index (χ2n) is 5.94. The number of nitrogens with zero attached hydrogens (tertiary/aromatic N) is 3. The van der Waals surface area contributed by atoms with E-state index in [0.29, 0.717) is 5.75 Å². The molecule has 7 heteroatoms. The third kappa shape index (κ3) is 3.32. The van der Waals surface area contributed by atoms with E-state index in [9.17, 15) is 0 Å². The fraction of sp³-hybridized carbons (Fsp3) is 0.143. The number of ether oxygens (including phenoxy) is 2. The van der Waals surface area contributed by atoms with Gasteiger partial charge in [0.25, 0.3) is 0 Å². The molecule has 4 aromatic rings. The van der Waals surface area contributed by atoms with Crippen LogP contribution in [0.1, 0.15) is 5.56 Å². The van der Waals surface area contributed by atoms with Crippen LogP contribution in [0, 0.1) is 0 Å². The van der Waals surface area contributed by atoms with Crippen molar-refractivity contribution in [2.45, 2.75) is 0 Å². The smallest absolute Gasteiger partial charge is 0.206 e. The molecule has 142 valence electrons. The van der Waals surface area contributed by atoms with Crippen LogP contribution in [-0.2, 0) is 0 Å². The van der Waals surface area contributed by atoms with E-state index >= 15 is 0 Å². The summed E-state index contributed by atoms with van der Waals surface area (Å²) in [4.78, 5) is 5.09. The van der Waals surface area contributed by atoms with E-state index in [0.717, 1.165) is 38.5 Å². The summed E-state index contributed by atoms with van der Waals surface area (Å²) in [7, 11) is 5.00. The van der Waals surface area contributed by atoms with Gasteiger partial charge in [-0.1, -0.05) is 18.2 Å². The molecule has 0 N–H and O–H groups in total. The molecule has 0 bridgehead atoms. The van der Waals surface area contributed by atoms with Crippen molar-refractivity contribution in [2.75, 3.05) is 21.3 Å². The van der Waals surface area contributed by atoms with Gasteiger partial charge >= 0.3 is 0 Å². The Kier molecular flexibility index (Phi) is 4.99. The van der Waals surface area contributed by atoms with Gasteiger partial charge in [0.15, 0.2) is 5.76 Å². The van der Waals surface area contributed by atoms with Crippen molar-refractivity contribution in [1.29, 1.82) is 0 Å². The lowest BCUT2D eigenvalue weighted by molar-refractivity contribution is 0.402. The van der Waals surface area contributed by atoms with Gasteiger partial charge in [-0.3, -0.25) is 4.99 Å². The zero-order valence-electron chi connectivity index (χ0n) is 15.7. The first-order valence-corrected chi connectivity index (χ1v) is 9.50. The standard InChI is InChI=1S/C21H19N3O3S/c1-22-21-24(23-12-15-10-16(25-2)8-9-18(15)26-3)17(13-28-21)20-11-14-6-4-5-7-19(14)27-20/h4-13H,1-3H3. The first-order chi connectivity index (χ1) is 13.7. The largest absolute Gasteiger partial charge is 0.497 e. The first-order valence-electron chi connectivity index (χ1n) is 8.62. The predicted molar refractivity (Wildman–Crippen MR) is 112 cm³/mol. The topological polar surface area (TPSA) is 61.2 Å². The zero-order valence-corrected chi connectivity index (χ0v) is 16.6. The predicted octanol–water partition coefficient (Wildman–Crippen LogP) is 4.39. The van der Waals surface area contributed by atoms with E-state index in [-0.39, 0.29) is 0 Å². The van der Waals surface area contributed by atoms with Gasteiger partial charge in [0.2, 0.25) is 4.80 Å². The molecule has 4 rings (SSSR count). The van der Waals surface area contributed by atoms with Gasteiger partial charge < -0.3 is 13.9 Å². The molecule has 0 fully saturated rings. The molecule has 6 nitrogen and oxygen atoms in total. The molecule has 0 saturated carbocycles. The highest BCUT2D eigenvalue weighted by molar-refractivity contribution is 7.07. The van der Waals surface area contributed by atoms with Crippen molar-refractivity contribution in [3.63, 3.8) is 0 Å². The first kappa shape index (κ1) is 18.1. The van der Waals surface area contributed by atoms with Gasteiger partial charge in [-0.15, -0.1) is 11.3 Å². The van der Waals surface area contributed by atoms with Crippen molar-refractivity contribution < 1.29 is 13.9 Å². The Morgan fingerprint density at radius 2 is 1.93 bits per heavy atom. The Balaban J connectivity index is 1.80. The normalized spacial score (nSPS) is 12.2. The second kappa shape index (κ2) is 7.74. The molecular weight excluding hydrogens is 374 g/mol. The van der Waals surface area contributed by atoms with Crippen LogP contribution in [0.2, 0.25) is 0 Å². The van der Waals surface area contributed by atoms with Crippen LogP contribution in [0.3, 0.4) is 0 Å². The minimum absolute atomic E-state index is 0.709. The van der Waals surface area contributed by atoms with Crippen molar-refractivity contribution in [3.05, 3.63) is 64.3 Å². The SMILES string of the molecule is CN=c1scc(-c2cc3ccccc3o2)n1N=Cc1cc(OC)ccc1OC. The summed E-state index contributed by atoms with van der Waals surface area (Å²) in [5, 5.41) is 7.68. The van der Waals surface area contributed by atoms with Gasteiger partial charge in [-0.05, 0) is 30.3 Å². The zero-order chi connectivity index (χ0) is 19.5. The Morgan fingerprint density at radius 3 is 2.68 bits per heavy atom. The summed E-state index contributed by atoms with van der Waals surface area (Å²) in [5.41, 5.74) is 2.47. The highest BCUT2D eigenvalue weighted by atomic mass is 32.1. The van der Waals surface area contributed by atoms with Crippen molar-refractivity contribution in [3.8, 4) is 23.0 Å². The highest BCUT2D eigenvalue weighted by Gasteiger charge is 2.12. The molecule has 0 amide bonds. The average Bonchev–Trinajstić information content (AvgIpc) is 3.35. The maximum Gasteiger partial charge on any atom is 0.206 e. The summed E-state index contributed by atoms with van der Waals surface area (Å²) < 4.78 is 18.5. The molecule has 0 saturated heterocycles. The minimum atomic E-state index is 0.709. The quantitative estimate of drug-likeness (QED) is 0.472. The number of hydrogen-bond donors (Lipinski definition) is 0. The number of aromatic nitrogens is 1. The van der Waals surface area contributed by atoms with Crippen LogP contribution in [0.4, 0.5) is 0 Å². The van der Waals surface area contributed by atoms with Crippen molar-refractivity contribution >= 4 is 28.5 Å². The summed E-state index contributed by atoms with van der Waals surface area (Å²) in [6.07, 6.45) is 1.73. The van der Waals surface area contributed by atoms with Gasteiger partial charge in [-0.25, -0.2) is 4.68 Å². The fourth-order valence-electron chi connectivity index (χ4n) is 2.90.